The van der Waals surface area contributed by atoms with Gasteiger partial charge in [-0.3, -0.25) is 4.79 Å². The van der Waals surface area contributed by atoms with Crippen LogP contribution in [0.3, 0.4) is 0 Å². The molecule has 1 aliphatic heterocycles. The molecule has 0 bridgehead atoms. The standard InChI is InChI=1S/C25H32ClN3O4/c1-3-33-16-4-13-28(2)21-11-14-29(15-12-21)23-10-9-20(17-22(23)25(31)32)27-24(30)18-5-7-19(26)8-6-18/h5-10,17,21H,3-4,11-16H2,1-2H3,(H,27,30)(H,31,32). The number of hydrogen-bond donors (Lipinski definition) is 2. The number of hydrogen-bond acceptors (Lipinski definition) is 5. The second-order valence-electron chi connectivity index (χ2n) is 8.25. The SMILES string of the molecule is CCOCCCN(C)C1CCN(c2ccc(NC(=O)c3ccc(Cl)cc3)cc2C(=O)O)CC1. The Morgan fingerprint density at radius 2 is 1.88 bits per heavy atom. The molecule has 0 unspecified atom stereocenters. The van der Waals surface area contributed by atoms with Gasteiger partial charge in [-0.05, 0) is 75.7 Å². The highest BCUT2D eigenvalue weighted by Crippen LogP contribution is 2.28. The molecule has 2 N–H and O–H groups in total. The lowest BCUT2D eigenvalue weighted by Crippen LogP contribution is -2.44. The van der Waals surface area contributed by atoms with Gasteiger partial charge < -0.3 is 25.0 Å². The summed E-state index contributed by atoms with van der Waals surface area (Å²) in [7, 11) is 2.15. The van der Waals surface area contributed by atoms with Crippen molar-refractivity contribution in [3.63, 3.8) is 0 Å². The first kappa shape index (κ1) is 25.0. The van der Waals surface area contributed by atoms with Gasteiger partial charge in [-0.1, -0.05) is 11.6 Å². The van der Waals surface area contributed by atoms with E-state index in [1.807, 2.05) is 6.92 Å². The number of carbonyl (C=O) groups is 2. The quantitative estimate of drug-likeness (QED) is 0.490. The molecule has 1 amide bonds. The first-order valence-electron chi connectivity index (χ1n) is 11.4. The fourth-order valence-corrected chi connectivity index (χ4v) is 4.28. The Hall–Kier alpha value is -2.61. The molecule has 2 aromatic carbocycles. The van der Waals surface area contributed by atoms with Crippen LogP contribution in [0.2, 0.25) is 5.02 Å². The Morgan fingerprint density at radius 1 is 1.18 bits per heavy atom. The Kier molecular flexibility index (Phi) is 9.11. The Bertz CT molecular complexity index is 943. The predicted octanol–water partition coefficient (Wildman–Crippen LogP) is 4.62. The van der Waals surface area contributed by atoms with Crippen LogP contribution in [0.1, 0.15) is 46.9 Å². The number of nitrogens with one attached hydrogen (secondary N) is 1. The minimum Gasteiger partial charge on any atom is -0.478 e. The van der Waals surface area contributed by atoms with Gasteiger partial charge >= 0.3 is 5.97 Å². The number of rotatable bonds is 10. The monoisotopic (exact) mass is 473 g/mol. The summed E-state index contributed by atoms with van der Waals surface area (Å²) >= 11 is 5.87. The van der Waals surface area contributed by atoms with Crippen molar-refractivity contribution in [3.8, 4) is 0 Å². The molecule has 0 aliphatic carbocycles. The molecule has 1 saturated heterocycles. The van der Waals surface area contributed by atoms with E-state index >= 15 is 0 Å². The predicted molar refractivity (Wildman–Crippen MR) is 132 cm³/mol. The first-order valence-corrected chi connectivity index (χ1v) is 11.7. The maximum absolute atomic E-state index is 12.5. The van der Waals surface area contributed by atoms with Crippen molar-refractivity contribution in [1.29, 1.82) is 0 Å². The number of ether oxygens (including phenoxy) is 1. The van der Waals surface area contributed by atoms with Crippen molar-refractivity contribution >= 4 is 34.9 Å². The van der Waals surface area contributed by atoms with Gasteiger partial charge in [0.25, 0.3) is 5.91 Å². The van der Waals surface area contributed by atoms with Gasteiger partial charge in [0.15, 0.2) is 0 Å². The molecule has 0 saturated carbocycles. The molecule has 33 heavy (non-hydrogen) atoms. The summed E-state index contributed by atoms with van der Waals surface area (Å²) in [6.07, 6.45) is 2.95. The average molecular weight is 474 g/mol. The summed E-state index contributed by atoms with van der Waals surface area (Å²) in [5.41, 5.74) is 1.77. The highest BCUT2D eigenvalue weighted by molar-refractivity contribution is 6.30. The average Bonchev–Trinajstić information content (AvgIpc) is 2.82. The number of halogens is 1. The number of carboxylic acid groups (broad SMARTS) is 1. The Morgan fingerprint density at radius 3 is 2.52 bits per heavy atom. The summed E-state index contributed by atoms with van der Waals surface area (Å²) in [6.45, 7) is 6.10. The lowest BCUT2D eigenvalue weighted by atomic mass is 10.0. The number of carboxylic acids is 1. The zero-order valence-electron chi connectivity index (χ0n) is 19.2. The van der Waals surface area contributed by atoms with E-state index in [1.165, 1.54) is 6.07 Å². The van der Waals surface area contributed by atoms with Crippen molar-refractivity contribution in [3.05, 3.63) is 58.6 Å². The van der Waals surface area contributed by atoms with E-state index in [0.717, 1.165) is 52.1 Å². The molecule has 2 aromatic rings. The van der Waals surface area contributed by atoms with Crippen LogP contribution in [0.25, 0.3) is 0 Å². The lowest BCUT2D eigenvalue weighted by molar-refractivity contribution is 0.0697. The summed E-state index contributed by atoms with van der Waals surface area (Å²) in [5, 5.41) is 13.1. The minimum atomic E-state index is -1.01. The first-order chi connectivity index (χ1) is 15.9. The third-order valence-corrected chi connectivity index (χ3v) is 6.28. The number of carbonyl (C=O) groups excluding carboxylic acids is 1. The van der Waals surface area contributed by atoms with Gasteiger partial charge in [-0.2, -0.15) is 0 Å². The zero-order chi connectivity index (χ0) is 23.8. The molecule has 0 spiro atoms. The summed E-state index contributed by atoms with van der Waals surface area (Å²) < 4.78 is 5.42. The second kappa shape index (κ2) is 12.0. The maximum atomic E-state index is 12.5. The number of aromatic carboxylic acids is 1. The number of anilines is 2. The largest absolute Gasteiger partial charge is 0.478 e. The van der Waals surface area contributed by atoms with Crippen molar-refractivity contribution in [2.75, 3.05) is 50.1 Å². The normalized spacial score (nSPS) is 14.5. The number of nitrogens with zero attached hydrogens (tertiary/aromatic N) is 2. The smallest absolute Gasteiger partial charge is 0.337 e. The van der Waals surface area contributed by atoms with Gasteiger partial charge in [0, 0.05) is 55.2 Å². The van der Waals surface area contributed by atoms with Gasteiger partial charge in [0.05, 0.1) is 11.3 Å². The van der Waals surface area contributed by atoms with Gasteiger partial charge in [0.1, 0.15) is 0 Å². The number of amides is 1. The minimum absolute atomic E-state index is 0.187. The van der Waals surface area contributed by atoms with E-state index < -0.39 is 5.97 Å². The molecule has 1 heterocycles. The van der Waals surface area contributed by atoms with E-state index in [1.54, 1.807) is 36.4 Å². The molecule has 3 rings (SSSR count). The molecule has 178 valence electrons. The van der Waals surface area contributed by atoms with Crippen molar-refractivity contribution in [2.45, 2.75) is 32.2 Å². The van der Waals surface area contributed by atoms with Crippen molar-refractivity contribution in [1.82, 2.24) is 4.90 Å². The second-order valence-corrected chi connectivity index (χ2v) is 8.68. The van der Waals surface area contributed by atoms with E-state index in [0.29, 0.717) is 28.0 Å². The van der Waals surface area contributed by atoms with Crippen LogP contribution in [0.5, 0.6) is 0 Å². The number of benzene rings is 2. The fourth-order valence-electron chi connectivity index (χ4n) is 4.16. The van der Waals surface area contributed by atoms with E-state index in [2.05, 4.69) is 22.2 Å². The van der Waals surface area contributed by atoms with E-state index in [4.69, 9.17) is 16.3 Å². The van der Waals surface area contributed by atoms with Gasteiger partial charge in [-0.25, -0.2) is 4.79 Å². The highest BCUT2D eigenvalue weighted by atomic mass is 35.5. The molecule has 8 heteroatoms. The van der Waals surface area contributed by atoms with E-state index in [-0.39, 0.29) is 11.5 Å². The molecule has 1 fully saturated rings. The lowest BCUT2D eigenvalue weighted by Gasteiger charge is -2.38. The summed E-state index contributed by atoms with van der Waals surface area (Å²) in [5.74, 6) is -1.33. The molecule has 7 nitrogen and oxygen atoms in total. The van der Waals surface area contributed by atoms with Crippen LogP contribution in [0, 0.1) is 0 Å². The molecular formula is C25H32ClN3O4. The fraction of sp³-hybridized carbons (Fsp3) is 0.440. The molecule has 0 aromatic heterocycles. The zero-order valence-corrected chi connectivity index (χ0v) is 20.0. The van der Waals surface area contributed by atoms with Crippen LogP contribution in [-0.4, -0.2) is 67.8 Å². The molecular weight excluding hydrogens is 442 g/mol. The molecule has 1 aliphatic rings. The highest BCUT2D eigenvalue weighted by Gasteiger charge is 2.25. The Balaban J connectivity index is 1.62. The topological polar surface area (TPSA) is 82.1 Å². The maximum Gasteiger partial charge on any atom is 0.337 e. The van der Waals surface area contributed by atoms with Gasteiger partial charge in [-0.15, -0.1) is 0 Å². The van der Waals surface area contributed by atoms with Crippen LogP contribution in [0.4, 0.5) is 11.4 Å². The summed E-state index contributed by atoms with van der Waals surface area (Å²) in [4.78, 5) is 29.0. The third kappa shape index (κ3) is 6.93. The van der Waals surface area contributed by atoms with Gasteiger partial charge in [0.2, 0.25) is 0 Å². The Labute approximate surface area is 200 Å². The van der Waals surface area contributed by atoms with Crippen LogP contribution < -0.4 is 10.2 Å². The van der Waals surface area contributed by atoms with Crippen LogP contribution >= 0.6 is 11.6 Å². The van der Waals surface area contributed by atoms with Crippen LogP contribution in [0.15, 0.2) is 42.5 Å². The van der Waals surface area contributed by atoms with Crippen molar-refractivity contribution < 1.29 is 19.4 Å². The molecule has 0 atom stereocenters. The number of piperidine rings is 1. The van der Waals surface area contributed by atoms with Crippen LogP contribution in [-0.2, 0) is 4.74 Å². The van der Waals surface area contributed by atoms with E-state index in [9.17, 15) is 14.7 Å². The summed E-state index contributed by atoms with van der Waals surface area (Å²) in [6, 6.07) is 12.1. The third-order valence-electron chi connectivity index (χ3n) is 6.02. The molecule has 0 radical (unpaired) electrons. The van der Waals surface area contributed by atoms with Crippen molar-refractivity contribution in [2.24, 2.45) is 0 Å².